The van der Waals surface area contributed by atoms with Gasteiger partial charge in [0.15, 0.2) is 0 Å². The van der Waals surface area contributed by atoms with Gasteiger partial charge in [-0.15, -0.1) is 0 Å². The minimum absolute atomic E-state index is 0.180. The Morgan fingerprint density at radius 2 is 1.94 bits per heavy atom. The lowest BCUT2D eigenvalue weighted by Crippen LogP contribution is -2.49. The summed E-state index contributed by atoms with van der Waals surface area (Å²) in [7, 11) is 6.50. The first-order chi connectivity index (χ1) is 7.78. The zero-order chi connectivity index (χ0) is 12.8. The van der Waals surface area contributed by atoms with Crippen LogP contribution in [0.4, 0.5) is 0 Å². The van der Waals surface area contributed by atoms with Gasteiger partial charge in [-0.1, -0.05) is 6.92 Å². The van der Waals surface area contributed by atoms with Crippen molar-refractivity contribution in [3.05, 3.63) is 5.21 Å². The summed E-state index contributed by atoms with van der Waals surface area (Å²) >= 11 is 0. The Morgan fingerprint density at radius 3 is 2.53 bits per heavy atom. The van der Waals surface area contributed by atoms with Crippen LogP contribution in [-0.4, -0.2) is 59.9 Å². The van der Waals surface area contributed by atoms with E-state index in [1.54, 1.807) is 0 Å². The lowest BCUT2D eigenvalue weighted by Gasteiger charge is -2.41. The molecule has 1 N–H and O–H groups in total. The summed E-state index contributed by atoms with van der Waals surface area (Å²) in [5.74, 6) is 1.00. The van der Waals surface area contributed by atoms with Gasteiger partial charge in [-0.05, 0) is 24.0 Å². The molecule has 0 bridgehead atoms. The number of quaternary nitrogens is 1. The van der Waals surface area contributed by atoms with Crippen LogP contribution in [0.25, 0.3) is 0 Å². The van der Waals surface area contributed by atoms with E-state index in [0.717, 1.165) is 29.1 Å². The van der Waals surface area contributed by atoms with Gasteiger partial charge >= 0.3 is 0 Å². The van der Waals surface area contributed by atoms with Crippen molar-refractivity contribution in [2.75, 3.05) is 27.7 Å². The smallest absolute Gasteiger partial charge is 0.0817 e. The molecule has 0 aromatic carbocycles. The average Bonchev–Trinajstić information content (AvgIpc) is 2.42. The SMILES string of the molecule is CC1CC2C(CC1C[N+](C)(C)C)N(O)ON2[O-]. The van der Waals surface area contributed by atoms with Gasteiger partial charge in [0.2, 0.25) is 0 Å². The first kappa shape index (κ1) is 13.2. The minimum atomic E-state index is -0.223. The van der Waals surface area contributed by atoms with Crippen LogP contribution in [0.15, 0.2) is 0 Å². The summed E-state index contributed by atoms with van der Waals surface area (Å²) < 4.78 is 0.903. The fourth-order valence-corrected chi connectivity index (χ4v) is 3.06. The molecule has 6 nitrogen and oxygen atoms in total. The number of hydrogen-bond acceptors (Lipinski definition) is 5. The van der Waals surface area contributed by atoms with Crippen LogP contribution in [0.1, 0.15) is 19.8 Å². The summed E-state index contributed by atoms with van der Waals surface area (Å²) in [6, 6.07) is -0.404. The molecule has 1 heterocycles. The van der Waals surface area contributed by atoms with Crippen LogP contribution in [-0.2, 0) is 4.94 Å². The molecule has 0 spiro atoms. The molecule has 100 valence electrons. The number of hydroxylamine groups is 4. The minimum Gasteiger partial charge on any atom is -0.760 e. The number of nitrogens with zero attached hydrogens (tertiary/aromatic N) is 3. The molecule has 1 saturated heterocycles. The van der Waals surface area contributed by atoms with E-state index < -0.39 is 0 Å². The molecule has 1 saturated carbocycles. The Bertz CT molecular complexity index is 282. The molecule has 0 radical (unpaired) electrons. The van der Waals surface area contributed by atoms with Crippen molar-refractivity contribution in [3.63, 3.8) is 0 Å². The standard InChI is InChI=1S/C11H23N3O3/c1-8-5-10-11(13(16)17-12(10)15)6-9(8)7-14(2,3)4/h8-11,16H,5-7H2,1-4H3. The number of hydrogen-bond donors (Lipinski definition) is 1. The largest absolute Gasteiger partial charge is 0.760 e. The normalized spacial score (nSPS) is 40.6. The van der Waals surface area contributed by atoms with E-state index in [0.29, 0.717) is 17.1 Å². The zero-order valence-electron chi connectivity index (χ0n) is 11.0. The molecule has 1 aliphatic carbocycles. The maximum absolute atomic E-state index is 11.4. The second-order valence-electron chi connectivity index (χ2n) is 6.49. The summed E-state index contributed by atoms with van der Waals surface area (Å²) in [6.45, 7) is 3.24. The van der Waals surface area contributed by atoms with Gasteiger partial charge < -0.3 is 9.69 Å². The van der Waals surface area contributed by atoms with Crippen molar-refractivity contribution < 1.29 is 14.6 Å². The highest BCUT2D eigenvalue weighted by Gasteiger charge is 2.45. The highest BCUT2D eigenvalue weighted by atomic mass is 17.1. The van der Waals surface area contributed by atoms with Crippen molar-refractivity contribution in [1.82, 2.24) is 10.5 Å². The predicted octanol–water partition coefficient (Wildman–Crippen LogP) is 0.827. The van der Waals surface area contributed by atoms with E-state index in [4.69, 9.17) is 4.94 Å². The van der Waals surface area contributed by atoms with Crippen molar-refractivity contribution in [2.24, 2.45) is 11.8 Å². The van der Waals surface area contributed by atoms with Crippen LogP contribution in [0.2, 0.25) is 0 Å². The molecule has 0 amide bonds. The van der Waals surface area contributed by atoms with Gasteiger partial charge in [0.1, 0.15) is 0 Å². The Hall–Kier alpha value is -0.240. The van der Waals surface area contributed by atoms with Crippen molar-refractivity contribution in [1.29, 1.82) is 0 Å². The molecule has 1 aliphatic heterocycles. The highest BCUT2D eigenvalue weighted by molar-refractivity contribution is 4.92. The molecule has 6 heteroatoms. The summed E-state index contributed by atoms with van der Waals surface area (Å²) in [5.41, 5.74) is 0. The Morgan fingerprint density at radius 1 is 1.29 bits per heavy atom. The maximum atomic E-state index is 11.4. The van der Waals surface area contributed by atoms with Gasteiger partial charge in [0, 0.05) is 12.0 Å². The van der Waals surface area contributed by atoms with Gasteiger partial charge in [-0.3, -0.25) is 5.21 Å². The van der Waals surface area contributed by atoms with Gasteiger partial charge in [-0.25, -0.2) is 5.23 Å². The van der Waals surface area contributed by atoms with Gasteiger partial charge in [0.25, 0.3) is 0 Å². The second-order valence-corrected chi connectivity index (χ2v) is 6.49. The van der Waals surface area contributed by atoms with Crippen LogP contribution >= 0.6 is 0 Å². The maximum Gasteiger partial charge on any atom is 0.0817 e. The van der Waals surface area contributed by atoms with Gasteiger partial charge in [0.05, 0.1) is 33.7 Å². The van der Waals surface area contributed by atoms with E-state index in [-0.39, 0.29) is 12.1 Å². The van der Waals surface area contributed by atoms with Crippen LogP contribution < -0.4 is 0 Å². The van der Waals surface area contributed by atoms with E-state index in [9.17, 15) is 10.4 Å². The third kappa shape index (κ3) is 2.78. The summed E-state index contributed by atoms with van der Waals surface area (Å²) in [6.07, 6.45) is 1.60. The average molecular weight is 245 g/mol. The fourth-order valence-electron chi connectivity index (χ4n) is 3.06. The lowest BCUT2D eigenvalue weighted by atomic mass is 9.75. The molecule has 17 heavy (non-hydrogen) atoms. The number of rotatable bonds is 2. The highest BCUT2D eigenvalue weighted by Crippen LogP contribution is 2.38. The predicted molar refractivity (Wildman–Crippen MR) is 62.3 cm³/mol. The first-order valence-electron chi connectivity index (χ1n) is 6.21. The van der Waals surface area contributed by atoms with Crippen LogP contribution in [0, 0.1) is 17.0 Å². The van der Waals surface area contributed by atoms with E-state index >= 15 is 0 Å². The van der Waals surface area contributed by atoms with Crippen molar-refractivity contribution in [2.45, 2.75) is 31.8 Å². The topological polar surface area (TPSA) is 59.0 Å². The van der Waals surface area contributed by atoms with E-state index in [1.165, 1.54) is 0 Å². The van der Waals surface area contributed by atoms with E-state index in [1.807, 2.05) is 0 Å². The molecule has 4 unspecified atom stereocenters. The Labute approximate surface area is 102 Å². The molecule has 4 atom stereocenters. The first-order valence-corrected chi connectivity index (χ1v) is 6.21. The monoisotopic (exact) mass is 245 g/mol. The fraction of sp³-hybridized carbons (Fsp3) is 1.00. The van der Waals surface area contributed by atoms with Crippen molar-refractivity contribution in [3.8, 4) is 0 Å². The van der Waals surface area contributed by atoms with Crippen LogP contribution in [0.3, 0.4) is 0 Å². The van der Waals surface area contributed by atoms with Crippen LogP contribution in [0.5, 0.6) is 0 Å². The number of fused-ring (bicyclic) bond motifs is 1. The molecular weight excluding hydrogens is 222 g/mol. The molecular formula is C11H23N3O3. The zero-order valence-corrected chi connectivity index (χ0v) is 11.0. The van der Waals surface area contributed by atoms with E-state index in [2.05, 4.69) is 28.1 Å². The summed E-state index contributed by atoms with van der Waals surface area (Å²) in [5, 5.41) is 22.3. The third-order valence-corrected chi connectivity index (χ3v) is 3.91. The molecule has 2 rings (SSSR count). The third-order valence-electron chi connectivity index (χ3n) is 3.91. The van der Waals surface area contributed by atoms with Crippen molar-refractivity contribution >= 4 is 0 Å². The Balaban J connectivity index is 2.04. The lowest BCUT2D eigenvalue weighted by molar-refractivity contribution is -0.874. The molecule has 0 aromatic rings. The molecule has 2 aliphatic rings. The van der Waals surface area contributed by atoms with Gasteiger partial charge in [-0.2, -0.15) is 4.94 Å². The quantitative estimate of drug-likeness (QED) is 0.730. The summed E-state index contributed by atoms with van der Waals surface area (Å²) in [4.78, 5) is 4.70. The second kappa shape index (κ2) is 4.46. The molecule has 2 fully saturated rings. The Kier molecular flexibility index (Phi) is 3.46. The molecule has 0 aromatic heterocycles.